The van der Waals surface area contributed by atoms with Gasteiger partial charge in [0.1, 0.15) is 0 Å². The molecule has 1 aromatic rings. The second-order valence-corrected chi connectivity index (χ2v) is 4.96. The van der Waals surface area contributed by atoms with E-state index in [1.165, 1.54) is 0 Å². The van der Waals surface area contributed by atoms with Crippen LogP contribution in [-0.2, 0) is 4.79 Å². The molecule has 2 nitrogen and oxygen atoms in total. The van der Waals surface area contributed by atoms with Crippen molar-refractivity contribution in [2.24, 2.45) is 0 Å². The van der Waals surface area contributed by atoms with Gasteiger partial charge in [0.25, 0.3) is 0 Å². The molecule has 1 heterocycles. The van der Waals surface area contributed by atoms with Crippen molar-refractivity contribution in [3.63, 3.8) is 0 Å². The predicted molar refractivity (Wildman–Crippen MR) is 66.0 cm³/mol. The van der Waals surface area contributed by atoms with Crippen LogP contribution in [0.5, 0.6) is 0 Å². The zero-order chi connectivity index (χ0) is 10.1. The van der Waals surface area contributed by atoms with E-state index in [9.17, 15) is 4.79 Å². The van der Waals surface area contributed by atoms with Crippen molar-refractivity contribution in [2.75, 3.05) is 18.0 Å². The largest absolute Gasteiger partial charge is 0.363 e. The first-order valence-corrected chi connectivity index (χ1v) is 5.84. The van der Waals surface area contributed by atoms with E-state index < -0.39 is 0 Å². The van der Waals surface area contributed by atoms with E-state index in [2.05, 4.69) is 22.6 Å². The minimum absolute atomic E-state index is 0.291. The second kappa shape index (κ2) is 4.06. The second-order valence-electron chi connectivity index (χ2n) is 3.31. The molecule has 1 saturated heterocycles. The molecule has 1 aliphatic heterocycles. The van der Waals surface area contributed by atoms with E-state index >= 15 is 0 Å². The Morgan fingerprint density at radius 2 is 2.21 bits per heavy atom. The Kier molecular flexibility index (Phi) is 2.97. The number of nitrogens with zero attached hydrogens (tertiary/aromatic N) is 1. The monoisotopic (exact) mass is 321 g/mol. The number of benzene rings is 1. The summed E-state index contributed by atoms with van der Waals surface area (Å²) in [6.45, 7) is 1.29. The number of rotatable bonds is 1. The minimum Gasteiger partial charge on any atom is -0.363 e. The van der Waals surface area contributed by atoms with Crippen LogP contribution in [0.25, 0.3) is 0 Å². The van der Waals surface area contributed by atoms with E-state index in [4.69, 9.17) is 11.6 Å². The summed E-state index contributed by atoms with van der Waals surface area (Å²) < 4.78 is 1.11. The van der Waals surface area contributed by atoms with Crippen LogP contribution in [0.3, 0.4) is 0 Å². The number of carbonyl (C=O) groups is 1. The van der Waals surface area contributed by atoms with Crippen LogP contribution in [-0.4, -0.2) is 18.9 Å². The van der Waals surface area contributed by atoms with Crippen LogP contribution in [0.1, 0.15) is 6.42 Å². The lowest BCUT2D eigenvalue weighted by Crippen LogP contribution is -2.19. The first-order valence-electron chi connectivity index (χ1n) is 4.38. The SMILES string of the molecule is O=C1CCN(c2ccc(I)cc2Cl)C1. The molecule has 0 aromatic heterocycles. The molecule has 0 amide bonds. The Bertz CT molecular complexity index is 380. The number of ketones is 1. The molecule has 1 aliphatic rings. The molecule has 14 heavy (non-hydrogen) atoms. The Hall–Kier alpha value is -0.290. The number of carbonyl (C=O) groups excluding carboxylic acids is 1. The number of hydrogen-bond acceptors (Lipinski definition) is 2. The summed E-state index contributed by atoms with van der Waals surface area (Å²) in [5, 5.41) is 0.728. The molecule has 74 valence electrons. The normalized spacial score (nSPS) is 16.4. The molecule has 4 heteroatoms. The van der Waals surface area contributed by atoms with Crippen LogP contribution in [0, 0.1) is 3.57 Å². The van der Waals surface area contributed by atoms with Crippen molar-refractivity contribution in [2.45, 2.75) is 6.42 Å². The van der Waals surface area contributed by atoms with Gasteiger partial charge in [0.2, 0.25) is 0 Å². The van der Waals surface area contributed by atoms with Gasteiger partial charge >= 0.3 is 0 Å². The highest BCUT2D eigenvalue weighted by Crippen LogP contribution is 2.29. The highest BCUT2D eigenvalue weighted by molar-refractivity contribution is 14.1. The Morgan fingerprint density at radius 1 is 1.43 bits per heavy atom. The van der Waals surface area contributed by atoms with Gasteiger partial charge < -0.3 is 4.90 Å². The van der Waals surface area contributed by atoms with Crippen molar-refractivity contribution in [3.8, 4) is 0 Å². The molecule has 0 spiro atoms. The molecule has 0 radical (unpaired) electrons. The summed E-state index contributed by atoms with van der Waals surface area (Å²) in [6.07, 6.45) is 0.641. The van der Waals surface area contributed by atoms with Gasteiger partial charge in [-0.25, -0.2) is 0 Å². The topological polar surface area (TPSA) is 20.3 Å². The van der Waals surface area contributed by atoms with Crippen molar-refractivity contribution in [3.05, 3.63) is 26.8 Å². The van der Waals surface area contributed by atoms with E-state index in [-0.39, 0.29) is 0 Å². The standard InChI is InChI=1S/C10H9ClINO/c11-9-5-7(12)1-2-10(9)13-4-3-8(14)6-13/h1-2,5H,3-4,6H2. The first-order chi connectivity index (χ1) is 6.66. The average Bonchev–Trinajstić information content (AvgIpc) is 2.51. The third-order valence-electron chi connectivity index (χ3n) is 2.28. The van der Waals surface area contributed by atoms with Gasteiger partial charge in [-0.3, -0.25) is 4.79 Å². The Morgan fingerprint density at radius 3 is 2.79 bits per heavy atom. The molecular weight excluding hydrogens is 312 g/mol. The van der Waals surface area contributed by atoms with E-state index in [1.54, 1.807) is 0 Å². The fraction of sp³-hybridized carbons (Fsp3) is 0.300. The molecule has 1 fully saturated rings. The minimum atomic E-state index is 0.291. The number of hydrogen-bond donors (Lipinski definition) is 0. The molecule has 0 atom stereocenters. The zero-order valence-electron chi connectivity index (χ0n) is 7.46. The first kappa shape index (κ1) is 10.2. The van der Waals surface area contributed by atoms with Crippen molar-refractivity contribution < 1.29 is 4.79 Å². The third-order valence-corrected chi connectivity index (χ3v) is 3.25. The summed E-state index contributed by atoms with van der Waals surface area (Å²) >= 11 is 8.32. The van der Waals surface area contributed by atoms with E-state index in [0.717, 1.165) is 20.8 Å². The van der Waals surface area contributed by atoms with E-state index in [1.807, 2.05) is 23.1 Å². The lowest BCUT2D eigenvalue weighted by atomic mass is 10.3. The fourth-order valence-corrected chi connectivity index (χ4v) is 2.55. The molecule has 0 unspecified atom stereocenters. The van der Waals surface area contributed by atoms with E-state index in [0.29, 0.717) is 18.7 Å². The van der Waals surface area contributed by atoms with Gasteiger partial charge in [0.05, 0.1) is 17.3 Å². The molecule has 1 aromatic carbocycles. The van der Waals surface area contributed by atoms with Crippen LogP contribution in [0.15, 0.2) is 18.2 Å². The van der Waals surface area contributed by atoms with Gasteiger partial charge in [-0.1, -0.05) is 11.6 Å². The van der Waals surface area contributed by atoms with Crippen LogP contribution < -0.4 is 4.90 Å². The predicted octanol–water partition coefficient (Wildman–Crippen LogP) is 2.72. The molecule has 0 N–H and O–H groups in total. The summed E-state index contributed by atoms with van der Waals surface area (Å²) in [5.41, 5.74) is 0.970. The van der Waals surface area contributed by atoms with Gasteiger partial charge in [-0.15, -0.1) is 0 Å². The maximum absolute atomic E-state index is 11.1. The van der Waals surface area contributed by atoms with Crippen LogP contribution in [0.4, 0.5) is 5.69 Å². The van der Waals surface area contributed by atoms with Crippen molar-refractivity contribution in [1.29, 1.82) is 0 Å². The van der Waals surface area contributed by atoms with Gasteiger partial charge in [0, 0.05) is 16.5 Å². The lowest BCUT2D eigenvalue weighted by Gasteiger charge is -2.17. The lowest BCUT2D eigenvalue weighted by molar-refractivity contribution is -0.116. The van der Waals surface area contributed by atoms with Crippen LogP contribution >= 0.6 is 34.2 Å². The Labute approximate surface area is 101 Å². The summed E-state index contributed by atoms with van der Waals surface area (Å²) in [7, 11) is 0. The molecule has 0 aliphatic carbocycles. The highest BCUT2D eigenvalue weighted by atomic mass is 127. The van der Waals surface area contributed by atoms with Gasteiger partial charge in [-0.2, -0.15) is 0 Å². The zero-order valence-corrected chi connectivity index (χ0v) is 10.4. The maximum Gasteiger partial charge on any atom is 0.153 e. The molecule has 0 bridgehead atoms. The molecule has 2 rings (SSSR count). The molecular formula is C10H9ClINO. The smallest absolute Gasteiger partial charge is 0.153 e. The van der Waals surface area contributed by atoms with Gasteiger partial charge in [0.15, 0.2) is 5.78 Å². The molecule has 0 saturated carbocycles. The van der Waals surface area contributed by atoms with Crippen molar-refractivity contribution >= 4 is 45.7 Å². The number of halogens is 2. The van der Waals surface area contributed by atoms with Crippen LogP contribution in [0.2, 0.25) is 5.02 Å². The third kappa shape index (κ3) is 2.03. The number of Topliss-reactive ketones (excluding diaryl/α,β-unsaturated/α-hetero) is 1. The maximum atomic E-state index is 11.1. The summed E-state index contributed by atoms with van der Waals surface area (Å²) in [6, 6.07) is 5.90. The fourth-order valence-electron chi connectivity index (χ4n) is 1.57. The Balaban J connectivity index is 2.28. The van der Waals surface area contributed by atoms with Crippen molar-refractivity contribution in [1.82, 2.24) is 0 Å². The highest BCUT2D eigenvalue weighted by Gasteiger charge is 2.21. The number of anilines is 1. The average molecular weight is 322 g/mol. The quantitative estimate of drug-likeness (QED) is 0.741. The summed E-state index contributed by atoms with van der Waals surface area (Å²) in [5.74, 6) is 0.291. The van der Waals surface area contributed by atoms with Gasteiger partial charge in [-0.05, 0) is 40.8 Å². The summed E-state index contributed by atoms with van der Waals surface area (Å²) in [4.78, 5) is 13.1.